The molecule has 7 rings (SSSR count). The highest BCUT2D eigenvalue weighted by Crippen LogP contribution is 2.37. The molecule has 0 bridgehead atoms. The fourth-order valence-corrected chi connectivity index (χ4v) is 10.1. The molecule has 1 unspecified atom stereocenters. The smallest absolute Gasteiger partial charge is 0.246 e. The lowest BCUT2D eigenvalue weighted by atomic mass is 9.83. The molecule has 3 heterocycles. The van der Waals surface area contributed by atoms with Crippen LogP contribution in [0, 0.1) is 17.6 Å². The number of carbonyl (C=O) groups is 4. The minimum absolute atomic E-state index is 0.0282. The third-order valence-corrected chi connectivity index (χ3v) is 13.5. The van der Waals surface area contributed by atoms with E-state index in [1.165, 1.54) is 17.4 Å². The molecule has 0 radical (unpaired) electrons. The summed E-state index contributed by atoms with van der Waals surface area (Å²) in [6.45, 7) is 3.65. The maximum Gasteiger partial charge on any atom is 0.246 e. The Labute approximate surface area is 400 Å². The number of rotatable bonds is 23. The first-order chi connectivity index (χ1) is 33.2. The van der Waals surface area contributed by atoms with Gasteiger partial charge in [0.1, 0.15) is 24.7 Å². The number of aromatic nitrogens is 1. The molecule has 0 spiro atoms. The molecular weight excluding hydrogens is 897 g/mol. The number of ether oxygens (including phenoxy) is 4. The summed E-state index contributed by atoms with van der Waals surface area (Å²) in [5, 5.41) is 14.4. The number of likely N-dealkylation sites (tertiary alicyclic amines) is 1. The topological polar surface area (TPSA) is 173 Å². The van der Waals surface area contributed by atoms with Crippen molar-refractivity contribution in [3.63, 3.8) is 0 Å². The van der Waals surface area contributed by atoms with Gasteiger partial charge in [-0.15, -0.1) is 11.3 Å². The van der Waals surface area contributed by atoms with Crippen LogP contribution in [0.3, 0.4) is 0 Å². The minimum atomic E-state index is -1.10. The second-order valence-corrected chi connectivity index (χ2v) is 18.0. The van der Waals surface area contributed by atoms with Crippen molar-refractivity contribution in [3.8, 4) is 17.0 Å². The van der Waals surface area contributed by atoms with E-state index < -0.39 is 47.5 Å². The van der Waals surface area contributed by atoms with Gasteiger partial charge in [0.2, 0.25) is 29.4 Å². The van der Waals surface area contributed by atoms with E-state index >= 15 is 4.39 Å². The van der Waals surface area contributed by atoms with Crippen molar-refractivity contribution in [2.24, 2.45) is 5.92 Å². The van der Waals surface area contributed by atoms with Gasteiger partial charge in [-0.1, -0.05) is 79.9 Å². The van der Waals surface area contributed by atoms with Gasteiger partial charge in [-0.05, 0) is 61.9 Å². The monoisotopic (exact) mass is 959 g/mol. The number of nitrogens with zero attached hydrogens (tertiary/aromatic N) is 3. The number of anilines is 1. The largest absolute Gasteiger partial charge is 0.487 e. The average Bonchev–Trinajstić information content (AvgIpc) is 4.08. The van der Waals surface area contributed by atoms with Crippen LogP contribution in [0.4, 0.5) is 13.9 Å². The summed E-state index contributed by atoms with van der Waals surface area (Å²) in [4.78, 5) is 64.3. The van der Waals surface area contributed by atoms with Gasteiger partial charge >= 0.3 is 0 Å². The number of hydrogen-bond acceptors (Lipinski definition) is 12. The minimum Gasteiger partial charge on any atom is -0.487 e. The Bertz CT molecular complexity index is 2210. The first-order valence-corrected chi connectivity index (χ1v) is 24.6. The zero-order valence-corrected chi connectivity index (χ0v) is 39.4. The van der Waals surface area contributed by atoms with E-state index in [1.807, 2.05) is 60.7 Å². The van der Waals surface area contributed by atoms with Crippen LogP contribution >= 0.6 is 11.3 Å². The number of morpholine rings is 1. The Balaban J connectivity index is 0.936. The molecule has 15 nitrogen and oxygen atoms in total. The van der Waals surface area contributed by atoms with E-state index in [9.17, 15) is 23.6 Å². The van der Waals surface area contributed by atoms with Gasteiger partial charge in [0.25, 0.3) is 0 Å². The van der Waals surface area contributed by atoms with Gasteiger partial charge in [-0.25, -0.2) is 9.37 Å². The quantitative estimate of drug-likeness (QED) is 0.0734. The van der Waals surface area contributed by atoms with Gasteiger partial charge in [0.15, 0.2) is 16.7 Å². The lowest BCUT2D eigenvalue weighted by Crippen LogP contribution is -2.59. The van der Waals surface area contributed by atoms with Gasteiger partial charge in [0, 0.05) is 43.0 Å². The van der Waals surface area contributed by atoms with Gasteiger partial charge in [-0.3, -0.25) is 19.2 Å². The lowest BCUT2D eigenvalue weighted by Gasteiger charge is -2.35. The number of hydrogen-bond donors (Lipinski definition) is 4. The SMILES string of the molecule is CNCC(=O)NC(C(=O)N1CCC[C@H]1C(=O)N[C@H](C(=O)NCCOCCOCCOc1c(-c2csc(N3CCOCC3)n2)ccc(F)c1F)C(c1ccccc1)c1ccccc1)C1CCCCC1. The molecule has 1 aliphatic carbocycles. The zero-order chi connectivity index (χ0) is 47.7. The van der Waals surface area contributed by atoms with Crippen molar-refractivity contribution < 1.29 is 46.9 Å². The van der Waals surface area contributed by atoms with Crippen LogP contribution in [0.2, 0.25) is 0 Å². The van der Waals surface area contributed by atoms with Crippen LogP contribution in [-0.4, -0.2) is 138 Å². The maximum atomic E-state index is 15.0. The third-order valence-electron chi connectivity index (χ3n) is 12.6. The summed E-state index contributed by atoms with van der Waals surface area (Å²) in [5.74, 6) is -4.38. The summed E-state index contributed by atoms with van der Waals surface area (Å²) < 4.78 is 51.9. The third kappa shape index (κ3) is 13.4. The number of thiazole rings is 1. The van der Waals surface area contributed by atoms with Crippen molar-refractivity contribution in [3.05, 3.63) is 101 Å². The van der Waals surface area contributed by atoms with Crippen LogP contribution in [-0.2, 0) is 33.4 Å². The average molecular weight is 960 g/mol. The molecule has 4 aromatic rings. The van der Waals surface area contributed by atoms with Crippen LogP contribution in [0.25, 0.3) is 11.3 Å². The Morgan fingerprint density at radius 1 is 0.809 bits per heavy atom. The molecular formula is C50H63F2N7O8S. The Kier molecular flexibility index (Phi) is 19.0. The highest BCUT2D eigenvalue weighted by molar-refractivity contribution is 7.14. The van der Waals surface area contributed by atoms with E-state index in [1.54, 1.807) is 17.3 Å². The number of benzene rings is 3. The standard InChI is InChI=1S/C50H63F2N7O8S/c1-53-32-41(60)56-44(36-16-9-4-10-17-36)49(63)59-22-11-18-40(59)47(61)57-45(42(34-12-5-2-6-13-34)35-14-7-3-8-15-35)48(62)54-21-25-64-28-29-66-30-31-67-46-37(19-20-38(51)43(46)52)39-33-68-50(55-39)58-23-26-65-27-24-58/h2-3,5-8,12-15,19-20,33,36,40,42,44-45,53H,4,9-11,16-18,21-32H2,1H3,(H,54,62)(H,56,60)(H,57,61)/t40-,44?,45-/m0/s1. The van der Waals surface area contributed by atoms with E-state index in [-0.39, 0.29) is 69.6 Å². The van der Waals surface area contributed by atoms with Crippen LogP contribution < -0.4 is 30.9 Å². The van der Waals surface area contributed by atoms with E-state index in [2.05, 4.69) is 31.2 Å². The molecule has 4 amide bonds. The Morgan fingerprint density at radius 2 is 1.49 bits per heavy atom. The molecule has 2 saturated heterocycles. The number of likely N-dealkylation sites (N-methyl/N-ethyl adjacent to an activating group) is 1. The molecule has 1 saturated carbocycles. The molecule has 3 atom stereocenters. The Hall–Kier alpha value is -5.53. The molecule has 3 aliphatic rings. The Morgan fingerprint density at radius 3 is 2.18 bits per heavy atom. The summed E-state index contributed by atoms with van der Waals surface area (Å²) in [6, 6.07) is 18.9. The predicted octanol–water partition coefficient (Wildman–Crippen LogP) is 5.05. The highest BCUT2D eigenvalue weighted by Gasteiger charge is 2.42. The fraction of sp³-hybridized carbons (Fsp3) is 0.500. The van der Waals surface area contributed by atoms with E-state index in [4.69, 9.17) is 18.9 Å². The van der Waals surface area contributed by atoms with Crippen molar-refractivity contribution in [2.45, 2.75) is 69.0 Å². The number of nitrogens with one attached hydrogen (secondary N) is 4. The number of carbonyl (C=O) groups excluding carboxylic acids is 4. The first kappa shape index (κ1) is 50.3. The van der Waals surface area contributed by atoms with Crippen molar-refractivity contribution in [1.29, 1.82) is 0 Å². The number of amides is 4. The second kappa shape index (κ2) is 25.7. The van der Waals surface area contributed by atoms with Gasteiger partial charge in [0.05, 0.1) is 51.9 Å². The molecule has 1 aromatic heterocycles. The van der Waals surface area contributed by atoms with E-state index in [0.29, 0.717) is 56.9 Å². The molecule has 3 aromatic carbocycles. The van der Waals surface area contributed by atoms with Crippen LogP contribution in [0.1, 0.15) is 62.0 Å². The molecule has 18 heteroatoms. The van der Waals surface area contributed by atoms with E-state index in [0.717, 1.165) is 54.4 Å². The lowest BCUT2D eigenvalue weighted by molar-refractivity contribution is -0.143. The van der Waals surface area contributed by atoms with Crippen molar-refractivity contribution >= 4 is 40.1 Å². The summed E-state index contributed by atoms with van der Waals surface area (Å²) >= 11 is 1.42. The molecule has 3 fully saturated rings. The molecule has 68 heavy (non-hydrogen) atoms. The maximum absolute atomic E-state index is 15.0. The van der Waals surface area contributed by atoms with Crippen LogP contribution in [0.15, 0.2) is 78.2 Å². The summed E-state index contributed by atoms with van der Waals surface area (Å²) in [6.07, 6.45) is 5.69. The molecule has 4 N–H and O–H groups in total. The second-order valence-electron chi connectivity index (χ2n) is 17.2. The normalized spacial score (nSPS) is 17.4. The van der Waals surface area contributed by atoms with Crippen LogP contribution in [0.5, 0.6) is 5.75 Å². The zero-order valence-electron chi connectivity index (χ0n) is 38.6. The van der Waals surface area contributed by atoms with Crippen molar-refractivity contribution in [1.82, 2.24) is 31.2 Å². The van der Waals surface area contributed by atoms with Crippen molar-refractivity contribution in [2.75, 3.05) is 90.9 Å². The first-order valence-electron chi connectivity index (χ1n) is 23.7. The molecule has 2 aliphatic heterocycles. The van der Waals surface area contributed by atoms with Gasteiger partial charge in [-0.2, -0.15) is 4.39 Å². The number of halogens is 2. The van der Waals surface area contributed by atoms with Gasteiger partial charge < -0.3 is 50.0 Å². The predicted molar refractivity (Wildman–Crippen MR) is 254 cm³/mol. The summed E-state index contributed by atoms with van der Waals surface area (Å²) in [5.41, 5.74) is 2.46. The molecule has 366 valence electrons. The fourth-order valence-electron chi connectivity index (χ4n) is 9.21. The highest BCUT2D eigenvalue weighted by atomic mass is 32.1. The summed E-state index contributed by atoms with van der Waals surface area (Å²) in [7, 11) is 1.68.